The Morgan fingerprint density at radius 3 is 2.55 bits per heavy atom. The summed E-state index contributed by atoms with van der Waals surface area (Å²) in [5, 5.41) is 16.1. The third-order valence-electron chi connectivity index (χ3n) is 6.96. The standard InChI is InChI=1S/C29H23F3N6O3.BrH/c1-18-24(26(39)41-2)25(23-10-9-19(17-33)15-20(23)11-14-36-12-4-3-5-13-36)38-27(34-35-28(38)40)37(18)22-8-6-7-21(16-22)29(30,31)32;/h3-10,12-13,15-16,25H,11,14H2,1-2H3;1H. The molecule has 1 unspecified atom stereocenters. The van der Waals surface area contributed by atoms with E-state index in [1.54, 1.807) is 25.1 Å². The summed E-state index contributed by atoms with van der Waals surface area (Å²) in [6, 6.07) is 16.2. The van der Waals surface area contributed by atoms with Crippen LogP contribution in [0.1, 0.15) is 35.2 Å². The van der Waals surface area contributed by atoms with Crippen molar-refractivity contribution in [3.05, 3.63) is 117 Å². The molecule has 13 heteroatoms. The Bertz CT molecular complexity index is 1760. The first-order valence-corrected chi connectivity index (χ1v) is 12.5. The van der Waals surface area contributed by atoms with Crippen molar-refractivity contribution in [3.63, 3.8) is 0 Å². The fraction of sp³-hybridized carbons (Fsp3) is 0.207. The van der Waals surface area contributed by atoms with Crippen LogP contribution in [0.3, 0.4) is 0 Å². The molecule has 2 aromatic carbocycles. The molecule has 216 valence electrons. The van der Waals surface area contributed by atoms with Crippen molar-refractivity contribution >= 4 is 17.6 Å². The fourth-order valence-electron chi connectivity index (χ4n) is 5.07. The number of H-pyrrole nitrogens is 1. The van der Waals surface area contributed by atoms with E-state index >= 15 is 0 Å². The minimum atomic E-state index is -4.61. The summed E-state index contributed by atoms with van der Waals surface area (Å²) in [4.78, 5) is 27.9. The number of nitrogens with one attached hydrogen (secondary N) is 1. The zero-order chi connectivity index (χ0) is 29.3. The number of aromatic amines is 1. The van der Waals surface area contributed by atoms with Gasteiger partial charge >= 0.3 is 17.8 Å². The van der Waals surface area contributed by atoms with Gasteiger partial charge in [0.05, 0.1) is 29.9 Å². The molecule has 0 amide bonds. The molecule has 3 heterocycles. The van der Waals surface area contributed by atoms with Crippen molar-refractivity contribution < 1.29 is 44.3 Å². The minimum Gasteiger partial charge on any atom is -1.00 e. The predicted octanol–water partition coefficient (Wildman–Crippen LogP) is 1.18. The number of methoxy groups -OCH3 is 1. The van der Waals surface area contributed by atoms with E-state index in [1.807, 2.05) is 35.2 Å². The van der Waals surface area contributed by atoms with Gasteiger partial charge in [-0.25, -0.2) is 23.8 Å². The van der Waals surface area contributed by atoms with E-state index < -0.39 is 29.4 Å². The topological polar surface area (TPSA) is 108 Å². The van der Waals surface area contributed by atoms with Crippen molar-refractivity contribution in [2.75, 3.05) is 12.0 Å². The third kappa shape index (κ3) is 5.58. The third-order valence-corrected chi connectivity index (χ3v) is 6.96. The van der Waals surface area contributed by atoms with Gasteiger partial charge in [-0.15, -0.1) is 5.10 Å². The minimum absolute atomic E-state index is 0. The number of allylic oxidation sites excluding steroid dienone is 1. The van der Waals surface area contributed by atoms with Gasteiger partial charge in [-0.05, 0) is 48.4 Å². The van der Waals surface area contributed by atoms with Crippen molar-refractivity contribution in [3.8, 4) is 6.07 Å². The Morgan fingerprint density at radius 1 is 1.14 bits per heavy atom. The van der Waals surface area contributed by atoms with E-state index in [0.29, 0.717) is 29.7 Å². The number of anilines is 2. The van der Waals surface area contributed by atoms with Gasteiger partial charge in [-0.1, -0.05) is 18.2 Å². The van der Waals surface area contributed by atoms with E-state index in [2.05, 4.69) is 16.3 Å². The molecular weight excluding hydrogens is 617 g/mol. The lowest BCUT2D eigenvalue weighted by molar-refractivity contribution is -0.696. The Kier molecular flexibility index (Phi) is 8.67. The van der Waals surface area contributed by atoms with Gasteiger partial charge in [-0.3, -0.25) is 4.90 Å². The normalized spacial score (nSPS) is 14.6. The van der Waals surface area contributed by atoms with Crippen LogP contribution in [-0.2, 0) is 28.7 Å². The van der Waals surface area contributed by atoms with E-state index in [-0.39, 0.29) is 39.9 Å². The van der Waals surface area contributed by atoms with Gasteiger partial charge < -0.3 is 21.7 Å². The first kappa shape index (κ1) is 30.3. The number of alkyl halides is 3. The molecule has 2 aromatic heterocycles. The molecule has 0 radical (unpaired) electrons. The van der Waals surface area contributed by atoms with E-state index in [9.17, 15) is 28.0 Å². The Balaban J connectivity index is 0.00000405. The monoisotopic (exact) mass is 640 g/mol. The highest BCUT2D eigenvalue weighted by Gasteiger charge is 2.41. The highest BCUT2D eigenvalue weighted by molar-refractivity contribution is 5.93. The number of esters is 1. The van der Waals surface area contributed by atoms with E-state index in [1.165, 1.54) is 28.7 Å². The number of nitrogens with zero attached hydrogens (tertiary/aromatic N) is 5. The molecule has 1 aliphatic rings. The molecule has 0 spiro atoms. The van der Waals surface area contributed by atoms with Crippen molar-refractivity contribution in [2.24, 2.45) is 0 Å². The summed E-state index contributed by atoms with van der Waals surface area (Å²) < 4.78 is 49.0. The number of aryl methyl sites for hydroxylation is 2. The van der Waals surface area contributed by atoms with Crippen LogP contribution in [0.25, 0.3) is 0 Å². The maximum absolute atomic E-state index is 13.6. The van der Waals surface area contributed by atoms with Crippen LogP contribution in [0.4, 0.5) is 24.8 Å². The zero-order valence-corrected chi connectivity index (χ0v) is 24.0. The lowest BCUT2D eigenvalue weighted by Crippen LogP contribution is -3.00. The largest absolute Gasteiger partial charge is 1.00 e. The molecule has 0 aliphatic carbocycles. The molecular formula is C29H24BrF3N6O3. The molecule has 0 saturated carbocycles. The maximum atomic E-state index is 13.6. The molecule has 9 nitrogen and oxygen atoms in total. The molecule has 4 aromatic rings. The first-order chi connectivity index (χ1) is 19.6. The predicted molar refractivity (Wildman–Crippen MR) is 141 cm³/mol. The van der Waals surface area contributed by atoms with Crippen LogP contribution < -0.4 is 32.1 Å². The molecule has 1 atom stereocenters. The van der Waals surface area contributed by atoms with Gasteiger partial charge in [0, 0.05) is 29.9 Å². The lowest BCUT2D eigenvalue weighted by atomic mass is 9.89. The Morgan fingerprint density at radius 2 is 1.88 bits per heavy atom. The highest BCUT2D eigenvalue weighted by atomic mass is 79.9. The smallest absolute Gasteiger partial charge is 0.416 e. The summed E-state index contributed by atoms with van der Waals surface area (Å²) in [5.74, 6) is -0.770. The SMILES string of the molecule is COC(=O)C1=C(C)N(c2cccc(C(F)(F)F)c2)c2n[nH]c(=O)n2C1c1ccc(C#N)cc1CC[n+]1ccccc1.[Br-]. The number of halogens is 4. The summed E-state index contributed by atoms with van der Waals surface area (Å²) >= 11 is 0. The van der Waals surface area contributed by atoms with Crippen LogP contribution >= 0.6 is 0 Å². The molecule has 0 fully saturated rings. The Hall–Kier alpha value is -4.70. The second kappa shape index (κ2) is 12.0. The van der Waals surface area contributed by atoms with Crippen molar-refractivity contribution in [1.82, 2.24) is 14.8 Å². The van der Waals surface area contributed by atoms with Gasteiger partial charge in [0.25, 0.3) is 0 Å². The number of rotatable bonds is 6. The second-order valence-corrected chi connectivity index (χ2v) is 9.36. The number of pyridine rings is 1. The van der Waals surface area contributed by atoms with Crippen LogP contribution in [0, 0.1) is 11.3 Å². The number of hydrogen-bond acceptors (Lipinski definition) is 6. The number of hydrogen-bond donors (Lipinski definition) is 1. The highest BCUT2D eigenvalue weighted by Crippen LogP contribution is 2.43. The lowest BCUT2D eigenvalue weighted by Gasteiger charge is -2.36. The number of carbonyl (C=O) groups excluding carboxylic acids is 1. The van der Waals surface area contributed by atoms with Crippen LogP contribution in [0.15, 0.2) is 89.1 Å². The van der Waals surface area contributed by atoms with Gasteiger partial charge in [-0.2, -0.15) is 18.4 Å². The van der Waals surface area contributed by atoms with Gasteiger partial charge in [0.2, 0.25) is 5.95 Å². The number of ether oxygens (including phenoxy) is 1. The van der Waals surface area contributed by atoms with Crippen molar-refractivity contribution in [2.45, 2.75) is 32.1 Å². The summed E-state index contributed by atoms with van der Waals surface area (Å²) in [7, 11) is 1.19. The van der Waals surface area contributed by atoms with Gasteiger partial charge in [0.1, 0.15) is 6.04 Å². The second-order valence-electron chi connectivity index (χ2n) is 9.36. The van der Waals surface area contributed by atoms with Crippen molar-refractivity contribution in [1.29, 1.82) is 5.26 Å². The number of aromatic nitrogens is 4. The first-order valence-electron chi connectivity index (χ1n) is 12.5. The number of fused-ring (bicyclic) bond motifs is 1. The van der Waals surface area contributed by atoms with E-state index in [4.69, 9.17) is 4.74 Å². The summed E-state index contributed by atoms with van der Waals surface area (Å²) in [5.41, 5.74) is 0.395. The number of benzene rings is 2. The summed E-state index contributed by atoms with van der Waals surface area (Å²) in [6.07, 6.45) is -0.382. The molecule has 0 saturated heterocycles. The van der Waals surface area contributed by atoms with E-state index in [0.717, 1.165) is 12.1 Å². The van der Waals surface area contributed by atoms with Crippen LogP contribution in [0.2, 0.25) is 0 Å². The fourth-order valence-corrected chi connectivity index (χ4v) is 5.07. The average molecular weight is 641 g/mol. The molecule has 0 bridgehead atoms. The van der Waals surface area contributed by atoms with Crippen LogP contribution in [-0.4, -0.2) is 27.8 Å². The van der Waals surface area contributed by atoms with Gasteiger partial charge in [0.15, 0.2) is 18.9 Å². The van der Waals surface area contributed by atoms with Crippen LogP contribution in [0.5, 0.6) is 0 Å². The summed E-state index contributed by atoms with van der Waals surface area (Å²) in [6.45, 7) is 2.10. The number of carbonyl (C=O) groups is 1. The molecule has 1 aliphatic heterocycles. The average Bonchev–Trinajstić information content (AvgIpc) is 3.35. The number of nitriles is 1. The molecule has 5 rings (SSSR count). The molecule has 1 N–H and O–H groups in total. The maximum Gasteiger partial charge on any atom is 0.416 e. The zero-order valence-electron chi connectivity index (χ0n) is 22.4. The molecule has 42 heavy (non-hydrogen) atoms. The quantitative estimate of drug-likeness (QED) is 0.251. The Labute approximate surface area is 248 Å².